The van der Waals surface area contributed by atoms with Crippen LogP contribution in [0.5, 0.6) is 0 Å². The summed E-state index contributed by atoms with van der Waals surface area (Å²) in [5, 5.41) is 3.55. The van der Waals surface area contributed by atoms with Crippen molar-refractivity contribution in [1.82, 2.24) is 0 Å². The molecular weight excluding hydrogens is 210 g/mol. The standard InChI is InChI=1S/C15H15NO.H2/c1-11-5-4-7-13-9-15(11,13)16-14-8-3-2-6-12(14)10-17;/h2-8,10,13,16H,9H2,1H3;1H. The topological polar surface area (TPSA) is 29.1 Å². The van der Waals surface area contributed by atoms with Crippen LogP contribution in [0.25, 0.3) is 0 Å². The van der Waals surface area contributed by atoms with Gasteiger partial charge in [0.1, 0.15) is 0 Å². The van der Waals surface area contributed by atoms with Crippen LogP contribution in [0.4, 0.5) is 5.69 Å². The lowest BCUT2D eigenvalue weighted by molar-refractivity contribution is 0.112. The number of benzene rings is 1. The van der Waals surface area contributed by atoms with Gasteiger partial charge < -0.3 is 5.32 Å². The van der Waals surface area contributed by atoms with Gasteiger partial charge in [-0.3, -0.25) is 4.79 Å². The first-order valence-electron chi connectivity index (χ1n) is 5.94. The molecule has 88 valence electrons. The summed E-state index contributed by atoms with van der Waals surface area (Å²) in [6, 6.07) is 7.67. The highest BCUT2D eigenvalue weighted by Gasteiger charge is 2.54. The maximum absolute atomic E-state index is 11.0. The highest BCUT2D eigenvalue weighted by molar-refractivity contribution is 5.84. The van der Waals surface area contributed by atoms with Gasteiger partial charge in [-0.1, -0.05) is 30.4 Å². The van der Waals surface area contributed by atoms with E-state index in [-0.39, 0.29) is 6.97 Å². The minimum absolute atomic E-state index is 0. The monoisotopic (exact) mass is 227 g/mol. The molecule has 2 nitrogen and oxygen atoms in total. The van der Waals surface area contributed by atoms with E-state index in [1.807, 2.05) is 24.3 Å². The molecule has 0 aliphatic heterocycles. The summed E-state index contributed by atoms with van der Waals surface area (Å²) in [7, 11) is 0. The van der Waals surface area contributed by atoms with E-state index in [0.29, 0.717) is 5.92 Å². The van der Waals surface area contributed by atoms with Crippen molar-refractivity contribution in [2.75, 3.05) is 5.32 Å². The predicted octanol–water partition coefficient (Wildman–Crippen LogP) is 3.43. The largest absolute Gasteiger partial charge is 0.375 e. The van der Waals surface area contributed by atoms with Gasteiger partial charge in [0.15, 0.2) is 6.29 Å². The number of hydrogen-bond acceptors (Lipinski definition) is 2. The molecule has 3 rings (SSSR count). The average Bonchev–Trinajstić information content (AvgIpc) is 3.06. The van der Waals surface area contributed by atoms with Crippen LogP contribution in [0.2, 0.25) is 0 Å². The number of fused-ring (bicyclic) bond motifs is 1. The lowest BCUT2D eigenvalue weighted by atomic mass is 9.98. The minimum atomic E-state index is 0. The number of allylic oxidation sites excluding steroid dienone is 2. The molecule has 2 atom stereocenters. The van der Waals surface area contributed by atoms with E-state index in [4.69, 9.17) is 0 Å². The Hall–Kier alpha value is -1.83. The average molecular weight is 227 g/mol. The zero-order valence-corrected chi connectivity index (χ0v) is 9.81. The van der Waals surface area contributed by atoms with Crippen molar-refractivity contribution in [2.24, 2.45) is 5.92 Å². The smallest absolute Gasteiger partial charge is 0.152 e. The molecular formula is C15H17NO. The lowest BCUT2D eigenvalue weighted by Crippen LogP contribution is -2.27. The molecule has 0 heterocycles. The van der Waals surface area contributed by atoms with Crippen LogP contribution in [-0.2, 0) is 0 Å². The van der Waals surface area contributed by atoms with Crippen LogP contribution in [-0.4, -0.2) is 11.8 Å². The van der Waals surface area contributed by atoms with Crippen LogP contribution < -0.4 is 5.32 Å². The van der Waals surface area contributed by atoms with Crippen molar-refractivity contribution in [3.8, 4) is 0 Å². The molecule has 17 heavy (non-hydrogen) atoms. The first kappa shape index (κ1) is 10.3. The van der Waals surface area contributed by atoms with Gasteiger partial charge in [0, 0.05) is 18.6 Å². The van der Waals surface area contributed by atoms with Gasteiger partial charge in [0.25, 0.3) is 0 Å². The highest BCUT2D eigenvalue weighted by atomic mass is 16.1. The van der Waals surface area contributed by atoms with E-state index in [1.54, 1.807) is 0 Å². The Morgan fingerprint density at radius 3 is 3.06 bits per heavy atom. The van der Waals surface area contributed by atoms with E-state index in [2.05, 4.69) is 30.5 Å². The lowest BCUT2D eigenvalue weighted by Gasteiger charge is -2.23. The van der Waals surface area contributed by atoms with Gasteiger partial charge in [-0.2, -0.15) is 0 Å². The molecule has 0 radical (unpaired) electrons. The van der Waals surface area contributed by atoms with Crippen molar-refractivity contribution >= 4 is 12.0 Å². The van der Waals surface area contributed by atoms with Crippen LogP contribution >= 0.6 is 0 Å². The molecule has 2 aliphatic carbocycles. The van der Waals surface area contributed by atoms with E-state index >= 15 is 0 Å². The molecule has 2 aliphatic rings. The second kappa shape index (κ2) is 3.59. The summed E-state index contributed by atoms with van der Waals surface area (Å²) >= 11 is 0. The number of carbonyl (C=O) groups excluding carboxylic acids is 1. The number of hydrogen-bond donors (Lipinski definition) is 1. The Kier molecular flexibility index (Phi) is 2.18. The van der Waals surface area contributed by atoms with Gasteiger partial charge in [-0.15, -0.1) is 0 Å². The van der Waals surface area contributed by atoms with Crippen molar-refractivity contribution < 1.29 is 6.22 Å². The molecule has 0 amide bonds. The highest BCUT2D eigenvalue weighted by Crippen LogP contribution is 2.53. The Morgan fingerprint density at radius 1 is 1.47 bits per heavy atom. The molecule has 1 N–H and O–H groups in total. The second-order valence-corrected chi connectivity index (χ2v) is 4.85. The maximum Gasteiger partial charge on any atom is 0.152 e. The van der Waals surface area contributed by atoms with Crippen LogP contribution in [0.3, 0.4) is 0 Å². The Labute approximate surface area is 103 Å². The molecule has 1 saturated carbocycles. The molecule has 1 aromatic rings. The van der Waals surface area contributed by atoms with E-state index < -0.39 is 0 Å². The van der Waals surface area contributed by atoms with Gasteiger partial charge >= 0.3 is 0 Å². The minimum Gasteiger partial charge on any atom is -0.375 e. The fourth-order valence-electron chi connectivity index (χ4n) is 2.65. The molecule has 0 bridgehead atoms. The molecule has 0 saturated heterocycles. The number of anilines is 1. The van der Waals surface area contributed by atoms with Crippen LogP contribution in [0, 0.1) is 5.92 Å². The van der Waals surface area contributed by atoms with E-state index in [9.17, 15) is 4.79 Å². The Bertz CT molecular complexity index is 535. The number of nitrogens with one attached hydrogen (secondary N) is 1. The van der Waals surface area contributed by atoms with Gasteiger partial charge in [0.2, 0.25) is 0 Å². The number of carbonyl (C=O) groups is 1. The fourth-order valence-corrected chi connectivity index (χ4v) is 2.65. The third kappa shape index (κ3) is 1.52. The van der Waals surface area contributed by atoms with Crippen LogP contribution in [0.15, 0.2) is 48.1 Å². The van der Waals surface area contributed by atoms with Crippen LogP contribution in [0.1, 0.15) is 25.1 Å². The first-order chi connectivity index (χ1) is 8.26. The van der Waals surface area contributed by atoms with Crippen molar-refractivity contribution in [3.05, 3.63) is 53.6 Å². The zero-order chi connectivity index (χ0) is 11.9. The second-order valence-electron chi connectivity index (χ2n) is 4.85. The fraction of sp³-hybridized carbons (Fsp3) is 0.267. The molecule has 0 aromatic heterocycles. The van der Waals surface area contributed by atoms with Gasteiger partial charge in [0.05, 0.1) is 5.54 Å². The van der Waals surface area contributed by atoms with Gasteiger partial charge in [-0.05, 0) is 31.1 Å². The number of rotatable bonds is 3. The van der Waals surface area contributed by atoms with E-state index in [1.165, 1.54) is 5.57 Å². The summed E-state index contributed by atoms with van der Waals surface area (Å²) in [6.07, 6.45) is 8.55. The molecule has 2 unspecified atom stereocenters. The quantitative estimate of drug-likeness (QED) is 0.801. The maximum atomic E-state index is 11.0. The summed E-state index contributed by atoms with van der Waals surface area (Å²) in [5.41, 5.74) is 3.09. The van der Waals surface area contributed by atoms with Crippen molar-refractivity contribution in [2.45, 2.75) is 18.9 Å². The molecule has 2 heteroatoms. The molecule has 0 spiro atoms. The Morgan fingerprint density at radius 2 is 2.29 bits per heavy atom. The summed E-state index contributed by atoms with van der Waals surface area (Å²) in [5.74, 6) is 0.576. The van der Waals surface area contributed by atoms with E-state index in [0.717, 1.165) is 24.0 Å². The third-order valence-corrected chi connectivity index (χ3v) is 3.85. The third-order valence-electron chi connectivity index (χ3n) is 3.85. The summed E-state index contributed by atoms with van der Waals surface area (Å²) in [4.78, 5) is 11.0. The number of para-hydroxylation sites is 1. The normalized spacial score (nSPS) is 29.2. The first-order valence-corrected chi connectivity index (χ1v) is 5.94. The molecule has 1 fully saturated rings. The summed E-state index contributed by atoms with van der Waals surface area (Å²) in [6.45, 7) is 2.15. The zero-order valence-electron chi connectivity index (χ0n) is 9.81. The predicted molar refractivity (Wildman–Crippen MR) is 71.3 cm³/mol. The Balaban J connectivity index is 0.00000120. The summed E-state index contributed by atoms with van der Waals surface area (Å²) < 4.78 is 0. The van der Waals surface area contributed by atoms with Crippen molar-refractivity contribution in [1.29, 1.82) is 0 Å². The van der Waals surface area contributed by atoms with Gasteiger partial charge in [-0.25, -0.2) is 0 Å². The molecule has 1 aromatic carbocycles. The number of aldehydes is 1. The van der Waals surface area contributed by atoms with Crippen molar-refractivity contribution in [3.63, 3.8) is 0 Å². The SMILES string of the molecule is CC1=CC=CC2CC12Nc1ccccc1C=O.[HH].